The maximum absolute atomic E-state index is 13.1. The molecule has 1 atom stereocenters. The fourth-order valence-electron chi connectivity index (χ4n) is 4.85. The fraction of sp³-hybridized carbons (Fsp3) is 0.167. The van der Waals surface area contributed by atoms with Gasteiger partial charge >= 0.3 is 5.97 Å². The van der Waals surface area contributed by atoms with Gasteiger partial charge in [-0.1, -0.05) is 121 Å². The molecule has 0 aliphatic rings. The van der Waals surface area contributed by atoms with Gasteiger partial charge in [-0.3, -0.25) is 4.79 Å². The van der Waals surface area contributed by atoms with Crippen LogP contribution in [0, 0.1) is 0 Å². The third-order valence-electron chi connectivity index (χ3n) is 6.59. The number of benzene rings is 4. The summed E-state index contributed by atoms with van der Waals surface area (Å²) in [7, 11) is 0. The van der Waals surface area contributed by atoms with Crippen LogP contribution in [0.4, 0.5) is 0 Å². The van der Waals surface area contributed by atoms with Crippen molar-refractivity contribution >= 4 is 5.97 Å². The summed E-state index contributed by atoms with van der Waals surface area (Å²) in [5.74, 6) is -0.998. The number of carboxylic acids is 1. The van der Waals surface area contributed by atoms with Crippen LogP contribution in [0.1, 0.15) is 22.3 Å². The van der Waals surface area contributed by atoms with Gasteiger partial charge in [0.05, 0.1) is 0 Å². The molecule has 0 unspecified atom stereocenters. The van der Waals surface area contributed by atoms with Crippen LogP contribution >= 0.6 is 0 Å². The van der Waals surface area contributed by atoms with Crippen molar-refractivity contribution in [1.82, 2.24) is 0 Å². The SMILES string of the molecule is N[C@](Cc1ccccc1)(C(=O)O)C(Cc1ccccc1)(Cc1ccccc1)c1ccccc1. The van der Waals surface area contributed by atoms with E-state index in [-0.39, 0.29) is 6.42 Å². The molecule has 3 nitrogen and oxygen atoms in total. The van der Waals surface area contributed by atoms with Gasteiger partial charge in [-0.2, -0.15) is 0 Å². The minimum Gasteiger partial charge on any atom is -0.480 e. The van der Waals surface area contributed by atoms with Crippen molar-refractivity contribution in [3.8, 4) is 0 Å². The molecule has 0 radical (unpaired) electrons. The van der Waals surface area contributed by atoms with Crippen LogP contribution in [0.15, 0.2) is 121 Å². The summed E-state index contributed by atoms with van der Waals surface area (Å²) in [6, 6.07) is 39.7. The third kappa shape index (κ3) is 4.74. The lowest BCUT2D eigenvalue weighted by atomic mass is 9.58. The zero-order valence-corrected chi connectivity index (χ0v) is 18.6. The van der Waals surface area contributed by atoms with Crippen LogP contribution in [-0.2, 0) is 29.5 Å². The van der Waals surface area contributed by atoms with E-state index in [2.05, 4.69) is 0 Å². The number of carboxylic acid groups (broad SMARTS) is 1. The Balaban J connectivity index is 1.96. The van der Waals surface area contributed by atoms with Gasteiger partial charge in [-0.05, 0) is 35.1 Å². The van der Waals surface area contributed by atoms with Crippen LogP contribution < -0.4 is 5.73 Å². The molecule has 166 valence electrons. The van der Waals surface area contributed by atoms with Crippen molar-refractivity contribution in [2.24, 2.45) is 5.73 Å². The fourth-order valence-corrected chi connectivity index (χ4v) is 4.85. The van der Waals surface area contributed by atoms with E-state index in [1.54, 1.807) is 0 Å². The summed E-state index contributed by atoms with van der Waals surface area (Å²) in [4.78, 5) is 13.1. The molecule has 0 saturated carbocycles. The van der Waals surface area contributed by atoms with Crippen molar-refractivity contribution in [3.63, 3.8) is 0 Å². The molecule has 4 aromatic carbocycles. The Kier molecular flexibility index (Phi) is 6.71. The van der Waals surface area contributed by atoms with Crippen LogP contribution in [0.3, 0.4) is 0 Å². The number of rotatable bonds is 9. The molecule has 4 rings (SSSR count). The van der Waals surface area contributed by atoms with Crippen molar-refractivity contribution in [2.75, 3.05) is 0 Å². The smallest absolute Gasteiger partial charge is 0.324 e. The highest BCUT2D eigenvalue weighted by molar-refractivity contribution is 5.82. The molecule has 0 saturated heterocycles. The number of carbonyl (C=O) groups is 1. The van der Waals surface area contributed by atoms with Crippen molar-refractivity contribution in [3.05, 3.63) is 144 Å². The van der Waals surface area contributed by atoms with Gasteiger partial charge in [0.1, 0.15) is 5.54 Å². The first-order valence-corrected chi connectivity index (χ1v) is 11.2. The molecule has 0 aromatic heterocycles. The predicted molar refractivity (Wildman–Crippen MR) is 133 cm³/mol. The minimum absolute atomic E-state index is 0.220. The second-order valence-corrected chi connectivity index (χ2v) is 8.71. The Morgan fingerprint density at radius 2 is 0.909 bits per heavy atom. The Bertz CT molecular complexity index is 1120. The minimum atomic E-state index is -1.55. The summed E-state index contributed by atoms with van der Waals surface area (Å²) in [6.45, 7) is 0. The lowest BCUT2D eigenvalue weighted by Gasteiger charge is -2.47. The van der Waals surface area contributed by atoms with Gasteiger partial charge in [0.15, 0.2) is 0 Å². The van der Waals surface area contributed by atoms with E-state index in [1.807, 2.05) is 121 Å². The third-order valence-corrected chi connectivity index (χ3v) is 6.59. The second kappa shape index (κ2) is 9.85. The number of aliphatic carboxylic acids is 1. The van der Waals surface area contributed by atoms with Gasteiger partial charge in [0, 0.05) is 11.8 Å². The molecular formula is C30H29NO2. The van der Waals surface area contributed by atoms with Crippen LogP contribution in [0.2, 0.25) is 0 Å². The van der Waals surface area contributed by atoms with E-state index in [4.69, 9.17) is 5.73 Å². The van der Waals surface area contributed by atoms with Gasteiger partial charge in [-0.25, -0.2) is 0 Å². The van der Waals surface area contributed by atoms with E-state index < -0.39 is 16.9 Å². The van der Waals surface area contributed by atoms with E-state index in [1.165, 1.54) is 0 Å². The van der Waals surface area contributed by atoms with E-state index >= 15 is 0 Å². The van der Waals surface area contributed by atoms with Crippen molar-refractivity contribution in [1.29, 1.82) is 0 Å². The van der Waals surface area contributed by atoms with Gasteiger partial charge in [0.25, 0.3) is 0 Å². The number of nitrogens with two attached hydrogens (primary N) is 1. The maximum Gasteiger partial charge on any atom is 0.324 e. The topological polar surface area (TPSA) is 63.3 Å². The number of hydrogen-bond donors (Lipinski definition) is 2. The van der Waals surface area contributed by atoms with Crippen molar-refractivity contribution in [2.45, 2.75) is 30.2 Å². The van der Waals surface area contributed by atoms with Crippen LogP contribution in [-0.4, -0.2) is 16.6 Å². The summed E-state index contributed by atoms with van der Waals surface area (Å²) >= 11 is 0. The Labute approximate surface area is 195 Å². The quantitative estimate of drug-likeness (QED) is 0.368. The summed E-state index contributed by atoms with van der Waals surface area (Å²) in [5, 5.41) is 10.7. The molecule has 3 N–H and O–H groups in total. The highest BCUT2D eigenvalue weighted by atomic mass is 16.4. The molecule has 33 heavy (non-hydrogen) atoms. The first kappa shape index (κ1) is 22.5. The molecule has 0 fully saturated rings. The van der Waals surface area contributed by atoms with Crippen LogP contribution in [0.25, 0.3) is 0 Å². The molecule has 0 heterocycles. The van der Waals surface area contributed by atoms with E-state index in [9.17, 15) is 9.90 Å². The largest absolute Gasteiger partial charge is 0.480 e. The molecular weight excluding hydrogens is 406 g/mol. The molecule has 0 spiro atoms. The first-order chi connectivity index (χ1) is 16.0. The Morgan fingerprint density at radius 1 is 0.576 bits per heavy atom. The normalized spacial score (nSPS) is 13.2. The predicted octanol–water partition coefficient (Wildman–Crippen LogP) is 5.43. The molecule has 0 aliphatic heterocycles. The van der Waals surface area contributed by atoms with Gasteiger partial charge in [0.2, 0.25) is 0 Å². The zero-order chi connectivity index (χ0) is 23.2. The van der Waals surface area contributed by atoms with Crippen molar-refractivity contribution < 1.29 is 9.90 Å². The Morgan fingerprint density at radius 3 is 1.27 bits per heavy atom. The lowest BCUT2D eigenvalue weighted by molar-refractivity contribution is -0.146. The van der Waals surface area contributed by atoms with E-state index in [0.29, 0.717) is 12.8 Å². The standard InChI is InChI=1S/C30H29NO2/c31-30(28(32)33,23-26-17-9-3-10-18-26)29(27-19-11-4-12-20-27,21-24-13-5-1-6-14-24)22-25-15-7-2-8-16-25/h1-20H,21-23,31H2,(H,32,33)/t30-/m1/s1. The van der Waals surface area contributed by atoms with E-state index in [0.717, 1.165) is 22.3 Å². The lowest BCUT2D eigenvalue weighted by Crippen LogP contribution is -2.66. The molecule has 0 aliphatic carbocycles. The monoisotopic (exact) mass is 435 g/mol. The highest BCUT2D eigenvalue weighted by Gasteiger charge is 2.55. The average Bonchev–Trinajstić information content (AvgIpc) is 2.86. The Hall–Kier alpha value is -3.69. The van der Waals surface area contributed by atoms with Gasteiger partial charge < -0.3 is 10.8 Å². The first-order valence-electron chi connectivity index (χ1n) is 11.2. The zero-order valence-electron chi connectivity index (χ0n) is 18.6. The maximum atomic E-state index is 13.1. The molecule has 3 heteroatoms. The summed E-state index contributed by atoms with van der Waals surface area (Å²) in [6.07, 6.45) is 1.22. The van der Waals surface area contributed by atoms with Crippen LogP contribution in [0.5, 0.6) is 0 Å². The molecule has 0 amide bonds. The molecule has 0 bridgehead atoms. The summed E-state index contributed by atoms with van der Waals surface area (Å²) in [5.41, 5.74) is 8.59. The molecule has 4 aromatic rings. The number of hydrogen-bond acceptors (Lipinski definition) is 2. The average molecular weight is 436 g/mol. The highest BCUT2D eigenvalue weighted by Crippen LogP contribution is 2.43. The summed E-state index contributed by atoms with van der Waals surface area (Å²) < 4.78 is 0. The second-order valence-electron chi connectivity index (χ2n) is 8.71. The van der Waals surface area contributed by atoms with Gasteiger partial charge in [-0.15, -0.1) is 0 Å².